The summed E-state index contributed by atoms with van der Waals surface area (Å²) in [4.78, 5) is 13.5. The third kappa shape index (κ3) is 3.78. The molecule has 0 heterocycles. The van der Waals surface area contributed by atoms with Crippen LogP contribution in [0.1, 0.15) is 10.4 Å². The lowest BCUT2D eigenvalue weighted by Crippen LogP contribution is -2.28. The number of rotatable bonds is 3. The first kappa shape index (κ1) is 13.0. The van der Waals surface area contributed by atoms with Gasteiger partial charge in [-0.1, -0.05) is 43.5 Å². The molecule has 0 aliphatic carbocycles. The lowest BCUT2D eigenvalue weighted by atomic mass is 10.2. The highest BCUT2D eigenvalue weighted by Crippen LogP contribution is 2.20. The minimum atomic E-state index is -0.0300. The van der Waals surface area contributed by atoms with Crippen molar-refractivity contribution in [3.05, 3.63) is 33.3 Å². The third-order valence-corrected chi connectivity index (χ3v) is 2.91. The minimum Gasteiger partial charge on any atom is -0.341 e. The number of alkyl halides is 1. The van der Waals surface area contributed by atoms with Crippen molar-refractivity contribution in [1.82, 2.24) is 4.90 Å². The van der Waals surface area contributed by atoms with E-state index >= 15 is 0 Å². The van der Waals surface area contributed by atoms with Crippen molar-refractivity contribution in [3.63, 3.8) is 0 Å². The zero-order valence-corrected chi connectivity index (χ0v) is 12.1. The summed E-state index contributed by atoms with van der Waals surface area (Å²) < 4.78 is 0.811. The lowest BCUT2D eigenvalue weighted by molar-refractivity contribution is 0.0804. The Balaban J connectivity index is 2.90. The second kappa shape index (κ2) is 5.87. The monoisotopic (exact) mass is 353 g/mol. The second-order valence-electron chi connectivity index (χ2n) is 3.07. The van der Waals surface area contributed by atoms with Crippen molar-refractivity contribution < 1.29 is 4.79 Å². The fraction of sp³-hybridized carbons (Fsp3) is 0.300. The van der Waals surface area contributed by atoms with Gasteiger partial charge >= 0.3 is 0 Å². The molecule has 0 aromatic heterocycles. The number of benzene rings is 1. The standard InChI is InChI=1S/C10H10Br2ClNO/c1-14(3-2-11)10(15)7-4-8(12)6-9(13)5-7/h4-6H,2-3H2,1H3. The van der Waals surface area contributed by atoms with Crippen LogP contribution in [0.15, 0.2) is 22.7 Å². The Kier molecular flexibility index (Phi) is 5.09. The summed E-state index contributed by atoms with van der Waals surface area (Å²) in [6, 6.07) is 5.18. The molecule has 0 bridgehead atoms. The molecule has 0 aliphatic rings. The van der Waals surface area contributed by atoms with E-state index in [1.807, 2.05) is 0 Å². The molecule has 1 rings (SSSR count). The van der Waals surface area contributed by atoms with E-state index in [1.54, 1.807) is 30.1 Å². The van der Waals surface area contributed by atoms with Crippen LogP contribution in [0.5, 0.6) is 0 Å². The maximum atomic E-state index is 11.9. The highest BCUT2D eigenvalue weighted by Gasteiger charge is 2.11. The Bertz CT molecular complexity index is 350. The molecule has 5 heteroatoms. The second-order valence-corrected chi connectivity index (χ2v) is 5.22. The quantitative estimate of drug-likeness (QED) is 0.759. The van der Waals surface area contributed by atoms with Crippen molar-refractivity contribution >= 4 is 49.4 Å². The van der Waals surface area contributed by atoms with Crippen LogP contribution in [0.4, 0.5) is 0 Å². The number of hydrogen-bond donors (Lipinski definition) is 0. The molecule has 0 N–H and O–H groups in total. The molecule has 0 aliphatic heterocycles. The number of halogens is 3. The first-order chi connectivity index (χ1) is 7.04. The zero-order chi connectivity index (χ0) is 11.4. The van der Waals surface area contributed by atoms with E-state index in [1.165, 1.54) is 0 Å². The van der Waals surface area contributed by atoms with E-state index in [2.05, 4.69) is 31.9 Å². The van der Waals surface area contributed by atoms with Gasteiger partial charge in [-0.25, -0.2) is 0 Å². The molecule has 15 heavy (non-hydrogen) atoms. The Morgan fingerprint density at radius 2 is 2.13 bits per heavy atom. The molecule has 0 atom stereocenters. The highest BCUT2D eigenvalue weighted by molar-refractivity contribution is 9.10. The van der Waals surface area contributed by atoms with E-state index < -0.39 is 0 Å². The number of amides is 1. The van der Waals surface area contributed by atoms with Crippen LogP contribution in [0.2, 0.25) is 5.02 Å². The first-order valence-electron chi connectivity index (χ1n) is 4.32. The van der Waals surface area contributed by atoms with Gasteiger partial charge in [-0.15, -0.1) is 0 Å². The molecule has 0 spiro atoms. The molecule has 0 saturated carbocycles. The van der Waals surface area contributed by atoms with Gasteiger partial charge in [-0.05, 0) is 18.2 Å². The summed E-state index contributed by atoms with van der Waals surface area (Å²) in [5.74, 6) is -0.0300. The number of hydrogen-bond acceptors (Lipinski definition) is 1. The van der Waals surface area contributed by atoms with Gasteiger partial charge in [0.2, 0.25) is 0 Å². The average Bonchev–Trinajstić information content (AvgIpc) is 2.15. The molecule has 1 amide bonds. The maximum Gasteiger partial charge on any atom is 0.253 e. The molecule has 0 fully saturated rings. The topological polar surface area (TPSA) is 20.3 Å². The summed E-state index contributed by atoms with van der Waals surface area (Å²) in [6.45, 7) is 0.670. The van der Waals surface area contributed by atoms with Gasteiger partial charge in [0.25, 0.3) is 5.91 Å². The maximum absolute atomic E-state index is 11.9. The van der Waals surface area contributed by atoms with Crippen molar-refractivity contribution in [2.24, 2.45) is 0 Å². The van der Waals surface area contributed by atoms with Crippen LogP contribution < -0.4 is 0 Å². The average molecular weight is 355 g/mol. The summed E-state index contributed by atoms with van der Waals surface area (Å²) >= 11 is 12.5. The van der Waals surface area contributed by atoms with Gasteiger partial charge in [0, 0.05) is 34.0 Å². The molecule has 0 radical (unpaired) electrons. The lowest BCUT2D eigenvalue weighted by Gasteiger charge is -2.15. The Hall–Kier alpha value is -0.0600. The van der Waals surface area contributed by atoms with Crippen LogP contribution >= 0.6 is 43.5 Å². The fourth-order valence-corrected chi connectivity index (χ4v) is 2.52. The molecule has 82 valence electrons. The molecule has 0 unspecified atom stereocenters. The Morgan fingerprint density at radius 3 is 2.67 bits per heavy atom. The Morgan fingerprint density at radius 1 is 1.47 bits per heavy atom. The van der Waals surface area contributed by atoms with E-state index in [4.69, 9.17) is 11.6 Å². The fourth-order valence-electron chi connectivity index (χ4n) is 1.13. The van der Waals surface area contributed by atoms with Crippen molar-refractivity contribution in [3.8, 4) is 0 Å². The Labute approximate surface area is 111 Å². The SMILES string of the molecule is CN(CCBr)C(=O)c1cc(Cl)cc(Br)c1. The third-order valence-electron chi connectivity index (χ3n) is 1.88. The predicted molar refractivity (Wildman–Crippen MR) is 69.9 cm³/mol. The van der Waals surface area contributed by atoms with Crippen molar-refractivity contribution in [1.29, 1.82) is 0 Å². The largest absolute Gasteiger partial charge is 0.341 e. The zero-order valence-electron chi connectivity index (χ0n) is 8.14. The van der Waals surface area contributed by atoms with Crippen LogP contribution in [0.3, 0.4) is 0 Å². The van der Waals surface area contributed by atoms with Crippen molar-refractivity contribution in [2.45, 2.75) is 0 Å². The predicted octanol–water partition coefficient (Wildman–Crippen LogP) is 3.57. The van der Waals surface area contributed by atoms with Crippen molar-refractivity contribution in [2.75, 3.05) is 18.9 Å². The molecule has 1 aromatic carbocycles. The van der Waals surface area contributed by atoms with Gasteiger partial charge in [0.05, 0.1) is 0 Å². The summed E-state index contributed by atoms with van der Waals surface area (Å²) in [5.41, 5.74) is 0.595. The molecular formula is C10H10Br2ClNO. The number of carbonyl (C=O) groups excluding carboxylic acids is 1. The number of carbonyl (C=O) groups is 1. The molecule has 0 saturated heterocycles. The molecule has 1 aromatic rings. The van der Waals surface area contributed by atoms with Crippen LogP contribution in [0, 0.1) is 0 Å². The van der Waals surface area contributed by atoms with Gasteiger partial charge in [-0.3, -0.25) is 4.79 Å². The molecule has 2 nitrogen and oxygen atoms in total. The van der Waals surface area contributed by atoms with Gasteiger partial charge < -0.3 is 4.90 Å². The van der Waals surface area contributed by atoms with E-state index in [0.29, 0.717) is 17.1 Å². The highest BCUT2D eigenvalue weighted by atomic mass is 79.9. The number of nitrogens with zero attached hydrogens (tertiary/aromatic N) is 1. The first-order valence-corrected chi connectivity index (χ1v) is 6.61. The van der Waals surface area contributed by atoms with E-state index in [0.717, 1.165) is 9.80 Å². The summed E-state index contributed by atoms with van der Waals surface area (Å²) in [5, 5.41) is 1.32. The van der Waals surface area contributed by atoms with Crippen LogP contribution in [-0.2, 0) is 0 Å². The van der Waals surface area contributed by atoms with Crippen LogP contribution in [0.25, 0.3) is 0 Å². The summed E-state index contributed by atoms with van der Waals surface area (Å²) in [7, 11) is 1.76. The van der Waals surface area contributed by atoms with Gasteiger partial charge in [0.15, 0.2) is 0 Å². The van der Waals surface area contributed by atoms with E-state index in [9.17, 15) is 4.79 Å². The van der Waals surface area contributed by atoms with E-state index in [-0.39, 0.29) is 5.91 Å². The van der Waals surface area contributed by atoms with Gasteiger partial charge in [0.1, 0.15) is 0 Å². The molecular weight excluding hydrogens is 345 g/mol. The normalized spacial score (nSPS) is 10.1. The smallest absolute Gasteiger partial charge is 0.253 e. The summed E-state index contributed by atoms with van der Waals surface area (Å²) in [6.07, 6.45) is 0. The van der Waals surface area contributed by atoms with Crippen LogP contribution in [-0.4, -0.2) is 29.7 Å². The van der Waals surface area contributed by atoms with Gasteiger partial charge in [-0.2, -0.15) is 0 Å². The minimum absolute atomic E-state index is 0.0300.